The van der Waals surface area contributed by atoms with E-state index in [0.29, 0.717) is 13.2 Å². The van der Waals surface area contributed by atoms with Gasteiger partial charge in [-0.2, -0.15) is 0 Å². The predicted molar refractivity (Wildman–Crippen MR) is 74.2 cm³/mol. The fraction of sp³-hybridized carbons (Fsp3) is 0.923. The average molecular weight is 273 g/mol. The molecule has 0 radical (unpaired) electrons. The fourth-order valence-corrected chi connectivity index (χ4v) is 1.95. The summed E-state index contributed by atoms with van der Waals surface area (Å²) in [5.41, 5.74) is 0. The first kappa shape index (κ1) is 16.4. The van der Waals surface area contributed by atoms with Crippen molar-refractivity contribution in [3.05, 3.63) is 0 Å². The minimum atomic E-state index is -0.0290. The minimum Gasteiger partial charge on any atom is -0.383 e. The number of methoxy groups -OCH3 is 1. The van der Waals surface area contributed by atoms with Crippen molar-refractivity contribution in [3.63, 3.8) is 0 Å². The SMILES string of the molecule is COCCN(C)CCNC(=O)COC1CCNCC1. The van der Waals surface area contributed by atoms with Crippen LogP contribution >= 0.6 is 0 Å². The molecule has 0 atom stereocenters. The van der Waals surface area contributed by atoms with Crippen LogP contribution in [0.4, 0.5) is 0 Å². The largest absolute Gasteiger partial charge is 0.383 e. The van der Waals surface area contributed by atoms with Crippen LogP contribution in [0, 0.1) is 0 Å². The lowest BCUT2D eigenvalue weighted by atomic mass is 10.1. The van der Waals surface area contributed by atoms with Gasteiger partial charge in [0.25, 0.3) is 0 Å². The lowest BCUT2D eigenvalue weighted by Gasteiger charge is -2.22. The minimum absolute atomic E-state index is 0.0290. The van der Waals surface area contributed by atoms with E-state index in [2.05, 4.69) is 15.5 Å². The average Bonchev–Trinajstić information content (AvgIpc) is 2.44. The Labute approximate surface area is 115 Å². The molecule has 0 aromatic heterocycles. The van der Waals surface area contributed by atoms with Gasteiger partial charge in [0.05, 0.1) is 12.7 Å². The smallest absolute Gasteiger partial charge is 0.246 e. The molecule has 1 aliphatic rings. The Bertz CT molecular complexity index is 245. The van der Waals surface area contributed by atoms with Gasteiger partial charge in [-0.25, -0.2) is 0 Å². The monoisotopic (exact) mass is 273 g/mol. The van der Waals surface area contributed by atoms with E-state index in [1.807, 2.05) is 7.05 Å². The summed E-state index contributed by atoms with van der Waals surface area (Å²) in [7, 11) is 3.70. The standard InChI is InChI=1S/C13H27N3O3/c1-16(9-10-18-2)8-7-15-13(17)11-19-12-3-5-14-6-4-12/h12,14H,3-11H2,1-2H3,(H,15,17). The highest BCUT2D eigenvalue weighted by Gasteiger charge is 2.14. The van der Waals surface area contributed by atoms with Gasteiger partial charge in [0.2, 0.25) is 5.91 Å². The highest BCUT2D eigenvalue weighted by Crippen LogP contribution is 2.06. The Hall–Kier alpha value is -0.690. The van der Waals surface area contributed by atoms with Crippen LogP contribution in [0.2, 0.25) is 0 Å². The predicted octanol–water partition coefficient (Wildman–Crippen LogP) is -0.551. The van der Waals surface area contributed by atoms with Crippen LogP contribution in [0.3, 0.4) is 0 Å². The van der Waals surface area contributed by atoms with Crippen molar-refractivity contribution in [3.8, 4) is 0 Å². The maximum atomic E-state index is 11.6. The van der Waals surface area contributed by atoms with E-state index in [0.717, 1.165) is 39.0 Å². The van der Waals surface area contributed by atoms with Gasteiger partial charge in [-0.3, -0.25) is 4.79 Å². The zero-order chi connectivity index (χ0) is 13.9. The Kier molecular flexibility index (Phi) is 8.73. The van der Waals surface area contributed by atoms with Gasteiger partial charge < -0.3 is 25.0 Å². The molecule has 0 bridgehead atoms. The highest BCUT2D eigenvalue weighted by atomic mass is 16.5. The molecule has 6 heteroatoms. The third kappa shape index (κ3) is 8.15. The first-order valence-electron chi connectivity index (χ1n) is 6.99. The summed E-state index contributed by atoms with van der Waals surface area (Å²) in [6, 6.07) is 0. The van der Waals surface area contributed by atoms with Gasteiger partial charge in [-0.1, -0.05) is 0 Å². The Balaban J connectivity index is 1.98. The molecule has 0 aliphatic carbocycles. The van der Waals surface area contributed by atoms with E-state index in [-0.39, 0.29) is 18.6 Å². The molecule has 6 nitrogen and oxygen atoms in total. The fourth-order valence-electron chi connectivity index (χ4n) is 1.95. The first-order chi connectivity index (χ1) is 9.22. The number of piperidine rings is 1. The van der Waals surface area contributed by atoms with E-state index < -0.39 is 0 Å². The van der Waals surface area contributed by atoms with Crippen LogP contribution in [0.1, 0.15) is 12.8 Å². The Morgan fingerprint density at radius 3 is 2.79 bits per heavy atom. The van der Waals surface area contributed by atoms with Gasteiger partial charge >= 0.3 is 0 Å². The number of carbonyl (C=O) groups excluding carboxylic acids is 1. The lowest BCUT2D eigenvalue weighted by molar-refractivity contribution is -0.128. The van der Waals surface area contributed by atoms with Crippen molar-refractivity contribution < 1.29 is 14.3 Å². The molecule has 0 aromatic rings. The number of hydrogen-bond donors (Lipinski definition) is 2. The van der Waals surface area contributed by atoms with Gasteiger partial charge in [0.15, 0.2) is 0 Å². The van der Waals surface area contributed by atoms with Gasteiger partial charge in [-0.05, 0) is 33.0 Å². The molecule has 1 saturated heterocycles. The van der Waals surface area contributed by atoms with Crippen LogP contribution < -0.4 is 10.6 Å². The molecule has 0 aromatic carbocycles. The van der Waals surface area contributed by atoms with Crippen molar-refractivity contribution in [2.24, 2.45) is 0 Å². The van der Waals surface area contributed by atoms with Crippen molar-refractivity contribution in [1.82, 2.24) is 15.5 Å². The van der Waals surface area contributed by atoms with Crippen molar-refractivity contribution in [1.29, 1.82) is 0 Å². The summed E-state index contributed by atoms with van der Waals surface area (Å²) in [5.74, 6) is -0.0290. The van der Waals surface area contributed by atoms with Crippen molar-refractivity contribution in [2.45, 2.75) is 18.9 Å². The topological polar surface area (TPSA) is 62.8 Å². The molecular formula is C13H27N3O3. The second-order valence-corrected chi connectivity index (χ2v) is 4.91. The Morgan fingerprint density at radius 1 is 1.37 bits per heavy atom. The van der Waals surface area contributed by atoms with Crippen LogP contribution in [0.25, 0.3) is 0 Å². The maximum Gasteiger partial charge on any atom is 0.246 e. The van der Waals surface area contributed by atoms with Gasteiger partial charge in [-0.15, -0.1) is 0 Å². The Morgan fingerprint density at radius 2 is 2.11 bits per heavy atom. The number of likely N-dealkylation sites (N-methyl/N-ethyl adjacent to an activating group) is 1. The van der Waals surface area contributed by atoms with E-state index in [4.69, 9.17) is 9.47 Å². The first-order valence-corrected chi connectivity index (χ1v) is 6.99. The molecule has 0 saturated carbocycles. The maximum absolute atomic E-state index is 11.6. The second kappa shape index (κ2) is 10.1. The molecular weight excluding hydrogens is 246 g/mol. The van der Waals surface area contributed by atoms with Crippen molar-refractivity contribution in [2.75, 3.05) is 60.1 Å². The van der Waals surface area contributed by atoms with E-state index in [1.165, 1.54) is 0 Å². The number of rotatable bonds is 9. The number of ether oxygens (including phenoxy) is 2. The molecule has 0 unspecified atom stereocenters. The molecule has 1 rings (SSSR count). The van der Waals surface area contributed by atoms with Gasteiger partial charge in [0.1, 0.15) is 6.61 Å². The van der Waals surface area contributed by atoms with E-state index in [1.54, 1.807) is 7.11 Å². The summed E-state index contributed by atoms with van der Waals surface area (Å²) < 4.78 is 10.6. The lowest BCUT2D eigenvalue weighted by Crippen LogP contribution is -2.38. The van der Waals surface area contributed by atoms with Crippen LogP contribution in [-0.2, 0) is 14.3 Å². The zero-order valence-electron chi connectivity index (χ0n) is 12.1. The molecule has 19 heavy (non-hydrogen) atoms. The summed E-state index contributed by atoms with van der Waals surface area (Å²) in [6.07, 6.45) is 2.22. The van der Waals surface area contributed by atoms with E-state index >= 15 is 0 Å². The number of amides is 1. The number of nitrogens with zero attached hydrogens (tertiary/aromatic N) is 1. The molecule has 1 amide bonds. The summed E-state index contributed by atoms with van der Waals surface area (Å²) >= 11 is 0. The summed E-state index contributed by atoms with van der Waals surface area (Å²) in [5, 5.41) is 6.14. The number of hydrogen-bond acceptors (Lipinski definition) is 5. The van der Waals surface area contributed by atoms with Crippen molar-refractivity contribution >= 4 is 5.91 Å². The van der Waals surface area contributed by atoms with Crippen LogP contribution in [0.5, 0.6) is 0 Å². The van der Waals surface area contributed by atoms with E-state index in [9.17, 15) is 4.79 Å². The summed E-state index contributed by atoms with van der Waals surface area (Å²) in [6.45, 7) is 5.19. The second-order valence-electron chi connectivity index (χ2n) is 4.91. The molecule has 1 fully saturated rings. The normalized spacial score (nSPS) is 16.8. The third-order valence-electron chi connectivity index (χ3n) is 3.23. The van der Waals surface area contributed by atoms with Crippen LogP contribution in [0.15, 0.2) is 0 Å². The molecule has 1 aliphatic heterocycles. The number of nitrogens with one attached hydrogen (secondary N) is 2. The number of carbonyl (C=O) groups is 1. The highest BCUT2D eigenvalue weighted by molar-refractivity contribution is 5.77. The zero-order valence-corrected chi connectivity index (χ0v) is 12.1. The third-order valence-corrected chi connectivity index (χ3v) is 3.23. The molecule has 2 N–H and O–H groups in total. The molecule has 1 heterocycles. The van der Waals surface area contributed by atoms with Gasteiger partial charge in [0, 0.05) is 26.7 Å². The molecule has 112 valence electrons. The summed E-state index contributed by atoms with van der Waals surface area (Å²) in [4.78, 5) is 13.7. The molecule has 0 spiro atoms. The van der Waals surface area contributed by atoms with Crippen LogP contribution in [-0.4, -0.2) is 77.0 Å². The quantitative estimate of drug-likeness (QED) is 0.590.